The smallest absolute Gasteiger partial charge is 0.211 e. The molecule has 2 fully saturated rings. The number of aryl methyl sites for hydroxylation is 2. The summed E-state index contributed by atoms with van der Waals surface area (Å²) in [6.07, 6.45) is 4.75. The molecule has 0 amide bonds. The number of anilines is 1. The van der Waals surface area contributed by atoms with Gasteiger partial charge in [-0.25, -0.2) is 17.7 Å². The van der Waals surface area contributed by atoms with Gasteiger partial charge >= 0.3 is 0 Å². The van der Waals surface area contributed by atoms with Crippen molar-refractivity contribution in [3.8, 4) is 11.1 Å². The fourth-order valence-electron chi connectivity index (χ4n) is 6.23. The molecule has 11 heteroatoms. The Kier molecular flexibility index (Phi) is 6.90. The van der Waals surface area contributed by atoms with Crippen molar-refractivity contribution >= 4 is 49.9 Å². The van der Waals surface area contributed by atoms with E-state index in [1.54, 1.807) is 4.31 Å². The van der Waals surface area contributed by atoms with Crippen molar-refractivity contribution in [2.45, 2.75) is 51.6 Å². The lowest BCUT2D eigenvalue weighted by molar-refractivity contribution is 0.273. The van der Waals surface area contributed by atoms with Gasteiger partial charge in [-0.15, -0.1) is 0 Å². The lowest BCUT2D eigenvalue weighted by Gasteiger charge is -2.34. The summed E-state index contributed by atoms with van der Waals surface area (Å²) in [5.74, 6) is 1.78. The number of fused-ring (bicyclic) bond motifs is 1. The number of sulfonamides is 1. The van der Waals surface area contributed by atoms with Crippen LogP contribution in [0.4, 0.5) is 5.69 Å². The molecule has 0 spiro atoms. The zero-order chi connectivity index (χ0) is 27.5. The van der Waals surface area contributed by atoms with Crippen LogP contribution in [0.1, 0.15) is 55.0 Å². The van der Waals surface area contributed by atoms with E-state index in [0.717, 1.165) is 77.4 Å². The van der Waals surface area contributed by atoms with E-state index in [-0.39, 0.29) is 12.1 Å². The first-order valence-electron chi connectivity index (χ1n) is 13.2. The number of nitrogens with zero attached hydrogens (tertiary/aromatic N) is 5. The second-order valence-corrected chi connectivity index (χ2v) is 13.4. The van der Waals surface area contributed by atoms with Crippen LogP contribution < -0.4 is 4.90 Å². The quantitative estimate of drug-likeness (QED) is 0.263. The van der Waals surface area contributed by atoms with E-state index in [4.69, 9.17) is 32.7 Å². The van der Waals surface area contributed by atoms with Gasteiger partial charge in [0, 0.05) is 36.9 Å². The average Bonchev–Trinajstić information content (AvgIpc) is 3.61. The van der Waals surface area contributed by atoms with Crippen molar-refractivity contribution in [2.75, 3.05) is 30.8 Å². The normalized spacial score (nSPS) is 19.4. The Labute approximate surface area is 238 Å². The molecule has 0 bridgehead atoms. The van der Waals surface area contributed by atoms with Crippen molar-refractivity contribution in [3.05, 3.63) is 63.7 Å². The highest BCUT2D eigenvalue weighted by Gasteiger charge is 2.35. The Morgan fingerprint density at radius 3 is 2.41 bits per heavy atom. The van der Waals surface area contributed by atoms with Gasteiger partial charge in [0.2, 0.25) is 10.0 Å². The summed E-state index contributed by atoms with van der Waals surface area (Å²) in [6.45, 7) is 5.76. The zero-order valence-corrected chi connectivity index (χ0v) is 24.5. The Balaban J connectivity index is 1.46. The number of aromatic nitrogens is 3. The monoisotopic (exact) mass is 587 g/mol. The summed E-state index contributed by atoms with van der Waals surface area (Å²) in [7, 11) is -3.22. The topological polar surface area (TPSA) is 84.5 Å². The van der Waals surface area contributed by atoms with Gasteiger partial charge in [-0.05, 0) is 75.4 Å². The molecule has 206 valence electrons. The molecule has 1 atom stereocenters. The van der Waals surface area contributed by atoms with Crippen LogP contribution in [0, 0.1) is 13.8 Å². The predicted octanol–water partition coefficient (Wildman–Crippen LogP) is 6.55. The van der Waals surface area contributed by atoms with Gasteiger partial charge < -0.3 is 14.0 Å². The number of hydrogen-bond donors (Lipinski definition) is 0. The van der Waals surface area contributed by atoms with E-state index in [1.807, 2.05) is 32.0 Å². The maximum atomic E-state index is 12.2. The van der Waals surface area contributed by atoms with E-state index >= 15 is 0 Å². The summed E-state index contributed by atoms with van der Waals surface area (Å²) < 4.78 is 33.8. The minimum absolute atomic E-state index is 0.0603. The van der Waals surface area contributed by atoms with Crippen molar-refractivity contribution in [3.63, 3.8) is 0 Å². The minimum atomic E-state index is -3.22. The van der Waals surface area contributed by atoms with Crippen molar-refractivity contribution in [1.29, 1.82) is 0 Å². The van der Waals surface area contributed by atoms with Gasteiger partial charge in [0.15, 0.2) is 0 Å². The molecule has 4 heterocycles. The van der Waals surface area contributed by atoms with Crippen LogP contribution in [-0.4, -0.2) is 53.3 Å². The molecule has 0 radical (unpaired) electrons. The Morgan fingerprint density at radius 2 is 1.74 bits per heavy atom. The van der Waals surface area contributed by atoms with E-state index in [1.165, 1.54) is 6.26 Å². The van der Waals surface area contributed by atoms with E-state index in [2.05, 4.69) is 32.8 Å². The lowest BCUT2D eigenvalue weighted by atomic mass is 10.0. The first kappa shape index (κ1) is 26.6. The predicted molar refractivity (Wildman–Crippen MR) is 155 cm³/mol. The second kappa shape index (κ2) is 10.1. The highest BCUT2D eigenvalue weighted by molar-refractivity contribution is 7.88. The second-order valence-electron chi connectivity index (χ2n) is 10.6. The summed E-state index contributed by atoms with van der Waals surface area (Å²) in [5.41, 5.74) is 5.85. The standard InChI is InChI=1S/C28H31Cl2N5O3S/c1-17-27(18(2)38-32-17)19-6-9-25-24(15-19)31-28(35(25)20-10-13-33(14-11-20)39(3,36)37)26-5-4-12-34(26)21-7-8-22(29)23(30)16-21/h6-9,15-16,20,26H,4-5,10-14H2,1-3H3/t26-/m0/s1. The van der Waals surface area contributed by atoms with Gasteiger partial charge in [-0.2, -0.15) is 0 Å². The molecule has 39 heavy (non-hydrogen) atoms. The third-order valence-electron chi connectivity index (χ3n) is 8.08. The molecule has 2 aromatic carbocycles. The minimum Gasteiger partial charge on any atom is -0.361 e. The maximum Gasteiger partial charge on any atom is 0.211 e. The van der Waals surface area contributed by atoms with Crippen LogP contribution in [0.2, 0.25) is 10.0 Å². The molecule has 0 unspecified atom stereocenters. The summed E-state index contributed by atoms with van der Waals surface area (Å²) in [6, 6.07) is 12.3. The average molecular weight is 589 g/mol. The lowest BCUT2D eigenvalue weighted by Crippen LogP contribution is -2.39. The SMILES string of the molecule is Cc1noc(C)c1-c1ccc2c(c1)nc([C@@H]1CCCN1c1ccc(Cl)c(Cl)c1)n2C1CCN(S(C)(=O)=O)CC1. The van der Waals surface area contributed by atoms with Gasteiger partial charge in [0.25, 0.3) is 0 Å². The fraction of sp³-hybridized carbons (Fsp3) is 0.429. The van der Waals surface area contributed by atoms with Crippen LogP contribution in [-0.2, 0) is 10.0 Å². The molecule has 0 saturated carbocycles. The summed E-state index contributed by atoms with van der Waals surface area (Å²) in [5, 5.41) is 5.20. The molecule has 6 rings (SSSR count). The molecule has 2 saturated heterocycles. The van der Waals surface area contributed by atoms with Crippen LogP contribution in [0.3, 0.4) is 0 Å². The van der Waals surface area contributed by atoms with Gasteiger partial charge in [-0.1, -0.05) is 34.4 Å². The zero-order valence-electron chi connectivity index (χ0n) is 22.2. The molecule has 2 aromatic heterocycles. The van der Waals surface area contributed by atoms with Crippen LogP contribution >= 0.6 is 23.2 Å². The van der Waals surface area contributed by atoms with Crippen molar-refractivity contribution in [2.24, 2.45) is 0 Å². The molecular weight excluding hydrogens is 557 g/mol. The molecule has 0 aliphatic carbocycles. The van der Waals surface area contributed by atoms with Crippen molar-refractivity contribution < 1.29 is 12.9 Å². The number of imidazole rings is 1. The number of benzene rings is 2. The van der Waals surface area contributed by atoms with Crippen molar-refractivity contribution in [1.82, 2.24) is 19.0 Å². The molecular formula is C28H31Cl2N5O3S. The summed E-state index contributed by atoms with van der Waals surface area (Å²) in [4.78, 5) is 7.62. The van der Waals surface area contributed by atoms with Crippen LogP contribution in [0.5, 0.6) is 0 Å². The first-order valence-corrected chi connectivity index (χ1v) is 15.8. The van der Waals surface area contributed by atoms with E-state index < -0.39 is 10.0 Å². The highest BCUT2D eigenvalue weighted by atomic mass is 35.5. The molecule has 4 aromatic rings. The number of hydrogen-bond acceptors (Lipinski definition) is 6. The fourth-order valence-corrected chi connectivity index (χ4v) is 7.39. The van der Waals surface area contributed by atoms with E-state index in [0.29, 0.717) is 23.1 Å². The number of rotatable bonds is 5. The Morgan fingerprint density at radius 1 is 0.974 bits per heavy atom. The first-order chi connectivity index (χ1) is 18.6. The van der Waals surface area contributed by atoms with Gasteiger partial charge in [0.1, 0.15) is 11.6 Å². The van der Waals surface area contributed by atoms with Crippen LogP contribution in [0.25, 0.3) is 22.2 Å². The number of halogens is 2. The Hall–Kier alpha value is -2.59. The van der Waals surface area contributed by atoms with Gasteiger partial charge in [-0.3, -0.25) is 0 Å². The van der Waals surface area contributed by atoms with Crippen LogP contribution in [0.15, 0.2) is 40.9 Å². The molecule has 8 nitrogen and oxygen atoms in total. The Bertz CT molecular complexity index is 1640. The third kappa shape index (κ3) is 4.84. The van der Waals surface area contributed by atoms with E-state index in [9.17, 15) is 8.42 Å². The third-order valence-corrected chi connectivity index (χ3v) is 10.1. The van der Waals surface area contributed by atoms with Gasteiger partial charge in [0.05, 0.1) is 39.1 Å². The summed E-state index contributed by atoms with van der Waals surface area (Å²) >= 11 is 12.6. The maximum absolute atomic E-state index is 12.2. The number of piperidine rings is 1. The largest absolute Gasteiger partial charge is 0.361 e. The molecule has 0 N–H and O–H groups in total. The molecule has 2 aliphatic rings. The highest BCUT2D eigenvalue weighted by Crippen LogP contribution is 2.42. The molecule has 2 aliphatic heterocycles.